The molecule has 190 valence electrons. The van der Waals surface area contributed by atoms with E-state index in [1.807, 2.05) is 0 Å². The van der Waals surface area contributed by atoms with Crippen molar-refractivity contribution < 1.29 is 4.79 Å². The summed E-state index contributed by atoms with van der Waals surface area (Å²) < 4.78 is 2.43. The largest absolute Gasteiger partial charge is 0.369 e. The molecule has 1 saturated carbocycles. The molecular weight excluding hydrogens is 434 g/mol. The van der Waals surface area contributed by atoms with Gasteiger partial charge < -0.3 is 10.3 Å². The molecule has 35 heavy (non-hydrogen) atoms. The van der Waals surface area contributed by atoms with Crippen LogP contribution in [0.2, 0.25) is 0 Å². The van der Waals surface area contributed by atoms with Crippen LogP contribution >= 0.6 is 0 Å². The molecule has 3 aliphatic rings. The van der Waals surface area contributed by atoms with Crippen molar-refractivity contribution in [2.75, 3.05) is 6.54 Å². The zero-order chi connectivity index (χ0) is 24.6. The molecule has 3 fully saturated rings. The number of nitrogens with zero attached hydrogens (tertiary/aromatic N) is 4. The second-order valence-electron chi connectivity index (χ2n) is 11.7. The van der Waals surface area contributed by atoms with E-state index in [1.165, 1.54) is 37.7 Å². The first-order valence-electron chi connectivity index (χ1n) is 13.9. The van der Waals surface area contributed by atoms with Crippen molar-refractivity contribution in [3.05, 3.63) is 47.5 Å². The number of nitrogens with two attached hydrogens (primary N) is 1. The minimum atomic E-state index is -0.400. The number of aryl methyl sites for hydroxylation is 1. The molecule has 2 aliphatic heterocycles. The normalized spacial score (nSPS) is 27.3. The molecule has 6 heteroatoms. The Morgan fingerprint density at radius 3 is 2.29 bits per heavy atom. The van der Waals surface area contributed by atoms with Gasteiger partial charge in [0.15, 0.2) is 0 Å². The van der Waals surface area contributed by atoms with Crippen LogP contribution in [-0.4, -0.2) is 44.2 Å². The average Bonchev–Trinajstić information content (AvgIpc) is 3.36. The smallest absolute Gasteiger partial charge is 0.224 e. The fourth-order valence-corrected chi connectivity index (χ4v) is 7.73. The van der Waals surface area contributed by atoms with Crippen LogP contribution in [0.15, 0.2) is 30.3 Å². The van der Waals surface area contributed by atoms with E-state index in [2.05, 4.69) is 70.8 Å². The summed E-state index contributed by atoms with van der Waals surface area (Å²) in [6.07, 6.45) is 11.2. The van der Waals surface area contributed by atoms with Gasteiger partial charge in [-0.3, -0.25) is 9.69 Å². The molecule has 6 nitrogen and oxygen atoms in total. The minimum Gasteiger partial charge on any atom is -0.369 e. The lowest BCUT2D eigenvalue weighted by Gasteiger charge is -2.44. The Labute approximate surface area is 210 Å². The second-order valence-corrected chi connectivity index (χ2v) is 11.7. The lowest BCUT2D eigenvalue weighted by atomic mass is 9.62. The summed E-state index contributed by atoms with van der Waals surface area (Å²) in [5.74, 6) is 2.68. The van der Waals surface area contributed by atoms with Gasteiger partial charge in [0.05, 0.1) is 5.41 Å². The first-order valence-corrected chi connectivity index (χ1v) is 13.9. The van der Waals surface area contributed by atoms with Gasteiger partial charge in [-0.1, -0.05) is 63.4 Å². The summed E-state index contributed by atoms with van der Waals surface area (Å²) in [5, 5.41) is 8.93. The highest BCUT2D eigenvalue weighted by molar-refractivity contribution is 5.82. The third-order valence-electron chi connectivity index (χ3n) is 9.42. The third-order valence-corrected chi connectivity index (χ3v) is 9.42. The predicted molar refractivity (Wildman–Crippen MR) is 139 cm³/mol. The Kier molecular flexibility index (Phi) is 7.02. The first kappa shape index (κ1) is 24.5. The number of piperidine rings is 1. The second kappa shape index (κ2) is 10.0. The maximum Gasteiger partial charge on any atom is 0.224 e. The first-order chi connectivity index (χ1) is 16.9. The van der Waals surface area contributed by atoms with Gasteiger partial charge in [0.25, 0.3) is 0 Å². The average molecular weight is 478 g/mol. The van der Waals surface area contributed by atoms with E-state index < -0.39 is 5.41 Å². The van der Waals surface area contributed by atoms with Crippen LogP contribution in [0.4, 0.5) is 0 Å². The number of benzene rings is 1. The summed E-state index contributed by atoms with van der Waals surface area (Å²) in [7, 11) is 0. The van der Waals surface area contributed by atoms with E-state index in [0.717, 1.165) is 50.3 Å². The predicted octanol–water partition coefficient (Wildman–Crippen LogP) is 5.49. The van der Waals surface area contributed by atoms with Crippen molar-refractivity contribution in [3.63, 3.8) is 0 Å². The molecule has 4 atom stereocenters. The highest BCUT2D eigenvalue weighted by atomic mass is 16.1. The van der Waals surface area contributed by atoms with Gasteiger partial charge >= 0.3 is 0 Å². The Morgan fingerprint density at radius 2 is 1.69 bits per heavy atom. The van der Waals surface area contributed by atoms with Gasteiger partial charge in [0, 0.05) is 24.0 Å². The summed E-state index contributed by atoms with van der Waals surface area (Å²) in [5.41, 5.74) is 7.06. The van der Waals surface area contributed by atoms with E-state index in [-0.39, 0.29) is 11.8 Å². The maximum atomic E-state index is 13.0. The number of aromatic nitrogens is 3. The van der Waals surface area contributed by atoms with E-state index in [0.29, 0.717) is 24.0 Å². The molecule has 1 amide bonds. The summed E-state index contributed by atoms with van der Waals surface area (Å²) in [6, 6.07) is 12.4. The Bertz CT molecular complexity index is 995. The van der Waals surface area contributed by atoms with Gasteiger partial charge in [0.1, 0.15) is 11.6 Å². The van der Waals surface area contributed by atoms with E-state index in [9.17, 15) is 4.79 Å². The minimum absolute atomic E-state index is 0.0861. The van der Waals surface area contributed by atoms with Crippen LogP contribution in [0.1, 0.15) is 113 Å². The van der Waals surface area contributed by atoms with Crippen molar-refractivity contribution in [2.24, 2.45) is 11.1 Å². The monoisotopic (exact) mass is 477 g/mol. The van der Waals surface area contributed by atoms with Crippen LogP contribution in [0.3, 0.4) is 0 Å². The zero-order valence-corrected chi connectivity index (χ0v) is 21.8. The molecule has 1 unspecified atom stereocenters. The highest BCUT2D eigenvalue weighted by Crippen LogP contribution is 2.50. The summed E-state index contributed by atoms with van der Waals surface area (Å²) >= 11 is 0. The van der Waals surface area contributed by atoms with Gasteiger partial charge in [-0.05, 0) is 69.9 Å². The number of carbonyl (C=O) groups excluding carboxylic acids is 1. The maximum absolute atomic E-state index is 13.0. The third kappa shape index (κ3) is 4.54. The molecule has 2 saturated heterocycles. The molecule has 2 N–H and O–H groups in total. The van der Waals surface area contributed by atoms with Crippen LogP contribution in [0.5, 0.6) is 0 Å². The molecule has 1 aromatic heterocycles. The topological polar surface area (TPSA) is 77.0 Å². The van der Waals surface area contributed by atoms with Crippen molar-refractivity contribution in [1.29, 1.82) is 0 Å². The molecule has 0 spiro atoms. The summed E-state index contributed by atoms with van der Waals surface area (Å²) in [6.45, 7) is 7.58. The Balaban J connectivity index is 1.35. The summed E-state index contributed by atoms with van der Waals surface area (Å²) in [4.78, 5) is 15.7. The number of rotatable bonds is 8. The quantitative estimate of drug-likeness (QED) is 0.545. The van der Waals surface area contributed by atoms with Crippen LogP contribution in [0, 0.1) is 12.3 Å². The van der Waals surface area contributed by atoms with E-state index >= 15 is 0 Å². The number of carbonyl (C=O) groups is 1. The standard InChI is InChI=1S/C29H43N5O/c1-20(2)27-32-31-21(3)34(27)25-18-23-12-13-24(19-25)33(23)17-14-26(22-10-6-4-7-11-22)29(28(30)35)15-8-5-9-16-29/h4,6-7,10-11,20,23-26H,5,8-9,12-19H2,1-3H3,(H2,30,35)/t23-,24+,25?,26-/m0/s1. The SMILES string of the molecule is Cc1nnc(C(C)C)n1C1C[C@H]2CC[C@@H](C1)N2CC[C@@H](c1ccccc1)C1(C(N)=O)CCCCC1. The lowest BCUT2D eigenvalue weighted by molar-refractivity contribution is -0.131. The molecule has 2 bridgehead atoms. The fourth-order valence-electron chi connectivity index (χ4n) is 7.73. The van der Waals surface area contributed by atoms with Crippen LogP contribution in [-0.2, 0) is 4.79 Å². The van der Waals surface area contributed by atoms with Crippen molar-refractivity contribution in [2.45, 2.75) is 115 Å². The van der Waals surface area contributed by atoms with Gasteiger partial charge in [0.2, 0.25) is 5.91 Å². The molecule has 1 aromatic carbocycles. The number of primary amides is 1. The molecule has 2 aromatic rings. The lowest BCUT2D eigenvalue weighted by Crippen LogP contribution is -2.47. The molecular formula is C29H43N5O. The van der Waals surface area contributed by atoms with Gasteiger partial charge in [-0.2, -0.15) is 0 Å². The fraction of sp³-hybridized carbons (Fsp3) is 0.690. The van der Waals surface area contributed by atoms with Crippen LogP contribution in [0.25, 0.3) is 0 Å². The number of hydrogen-bond donors (Lipinski definition) is 1. The van der Waals surface area contributed by atoms with E-state index in [4.69, 9.17) is 5.73 Å². The number of amides is 1. The van der Waals surface area contributed by atoms with Crippen molar-refractivity contribution >= 4 is 5.91 Å². The number of hydrogen-bond acceptors (Lipinski definition) is 4. The van der Waals surface area contributed by atoms with Gasteiger partial charge in [-0.15, -0.1) is 10.2 Å². The van der Waals surface area contributed by atoms with Crippen LogP contribution < -0.4 is 5.73 Å². The molecule has 1 aliphatic carbocycles. The number of fused-ring (bicyclic) bond motifs is 2. The Hall–Kier alpha value is -2.21. The molecule has 5 rings (SSSR count). The van der Waals surface area contributed by atoms with Crippen molar-refractivity contribution in [3.8, 4) is 0 Å². The van der Waals surface area contributed by atoms with Crippen molar-refractivity contribution in [1.82, 2.24) is 19.7 Å². The van der Waals surface area contributed by atoms with E-state index in [1.54, 1.807) is 0 Å². The molecule has 0 radical (unpaired) electrons. The Morgan fingerprint density at radius 1 is 1.03 bits per heavy atom. The highest BCUT2D eigenvalue weighted by Gasteiger charge is 2.47. The van der Waals surface area contributed by atoms with Gasteiger partial charge in [-0.25, -0.2) is 0 Å². The molecule has 3 heterocycles. The zero-order valence-electron chi connectivity index (χ0n) is 21.8.